The quantitative estimate of drug-likeness (QED) is 0.712. The number of imide groups is 1. The van der Waals surface area contributed by atoms with Crippen molar-refractivity contribution in [2.45, 2.75) is 38.9 Å². The molecule has 1 aromatic heterocycles. The van der Waals surface area contributed by atoms with E-state index in [0.29, 0.717) is 36.8 Å². The Kier molecular flexibility index (Phi) is 5.16. The third-order valence-electron chi connectivity index (χ3n) is 6.36. The average Bonchev–Trinajstić information content (AvgIpc) is 3.31. The second kappa shape index (κ2) is 8.01. The molecule has 9 nitrogen and oxygen atoms in total. The molecule has 0 bridgehead atoms. The van der Waals surface area contributed by atoms with Gasteiger partial charge in [-0.2, -0.15) is 0 Å². The molecular weight excluding hydrogens is 417 g/mol. The first-order chi connectivity index (χ1) is 15.4. The molecule has 2 aromatic rings. The number of aryl methyl sites for hydroxylation is 1. The maximum Gasteiger partial charge on any atom is 0.255 e. The van der Waals surface area contributed by atoms with Gasteiger partial charge in [-0.1, -0.05) is 0 Å². The number of piperazine rings is 1. The number of carbonyl (C=O) groups is 3. The first-order valence-corrected chi connectivity index (χ1v) is 10.7. The SMILES string of the molecule is Cc1nc(CN2CCN(c3cc4c(cc3F)C(=O)N(C3CCC(=O)NC3=O)C4)CC2)co1. The number of piperidine rings is 1. The molecule has 1 atom stereocenters. The van der Waals surface area contributed by atoms with Crippen LogP contribution in [-0.4, -0.2) is 64.7 Å². The van der Waals surface area contributed by atoms with Gasteiger partial charge < -0.3 is 14.2 Å². The highest BCUT2D eigenvalue weighted by Crippen LogP contribution is 2.33. The lowest BCUT2D eigenvalue weighted by molar-refractivity contribution is -0.136. The number of amides is 3. The smallest absolute Gasteiger partial charge is 0.255 e. The molecule has 10 heteroatoms. The zero-order chi connectivity index (χ0) is 22.4. The minimum atomic E-state index is -0.706. The van der Waals surface area contributed by atoms with Crippen LogP contribution in [0.2, 0.25) is 0 Å². The fraction of sp³-hybridized carbons (Fsp3) is 0.455. The molecule has 168 valence electrons. The van der Waals surface area contributed by atoms with Crippen LogP contribution in [0.25, 0.3) is 0 Å². The van der Waals surface area contributed by atoms with Gasteiger partial charge in [0.05, 0.1) is 11.4 Å². The van der Waals surface area contributed by atoms with Gasteiger partial charge in [0.15, 0.2) is 5.89 Å². The Morgan fingerprint density at radius 2 is 1.97 bits per heavy atom. The van der Waals surface area contributed by atoms with Crippen molar-refractivity contribution in [2.75, 3.05) is 31.1 Å². The molecule has 1 N–H and O–H groups in total. The van der Waals surface area contributed by atoms with E-state index in [4.69, 9.17) is 4.42 Å². The summed E-state index contributed by atoms with van der Waals surface area (Å²) < 4.78 is 20.2. The van der Waals surface area contributed by atoms with Crippen molar-refractivity contribution in [3.8, 4) is 0 Å². The maximum absolute atomic E-state index is 15.0. The summed E-state index contributed by atoms with van der Waals surface area (Å²) in [5.74, 6) is -0.974. The van der Waals surface area contributed by atoms with Crippen molar-refractivity contribution in [3.05, 3.63) is 46.9 Å². The fourth-order valence-corrected chi connectivity index (χ4v) is 4.68. The number of aromatic nitrogens is 1. The van der Waals surface area contributed by atoms with Gasteiger partial charge >= 0.3 is 0 Å². The Morgan fingerprint density at radius 3 is 2.66 bits per heavy atom. The van der Waals surface area contributed by atoms with Gasteiger partial charge in [0, 0.05) is 58.2 Å². The molecule has 2 saturated heterocycles. The number of carbonyl (C=O) groups excluding carboxylic acids is 3. The van der Waals surface area contributed by atoms with Crippen molar-refractivity contribution in [1.29, 1.82) is 0 Å². The van der Waals surface area contributed by atoms with Crippen LogP contribution in [0.3, 0.4) is 0 Å². The molecular formula is C22H24FN5O4. The summed E-state index contributed by atoms with van der Waals surface area (Å²) in [5.41, 5.74) is 2.35. The molecule has 32 heavy (non-hydrogen) atoms. The lowest BCUT2D eigenvalue weighted by Crippen LogP contribution is -2.52. The zero-order valence-electron chi connectivity index (χ0n) is 17.8. The van der Waals surface area contributed by atoms with Crippen LogP contribution in [0.5, 0.6) is 0 Å². The molecule has 4 heterocycles. The van der Waals surface area contributed by atoms with Crippen molar-refractivity contribution in [3.63, 3.8) is 0 Å². The third kappa shape index (κ3) is 3.75. The Hall–Kier alpha value is -3.27. The van der Waals surface area contributed by atoms with E-state index in [1.807, 2.05) is 11.8 Å². The van der Waals surface area contributed by atoms with Crippen molar-refractivity contribution in [1.82, 2.24) is 20.1 Å². The Morgan fingerprint density at radius 1 is 1.19 bits per heavy atom. The van der Waals surface area contributed by atoms with E-state index in [0.717, 1.165) is 18.8 Å². The number of benzene rings is 1. The summed E-state index contributed by atoms with van der Waals surface area (Å²) in [4.78, 5) is 46.5. The number of hydrogen-bond acceptors (Lipinski definition) is 7. The molecule has 1 unspecified atom stereocenters. The molecule has 0 saturated carbocycles. The minimum absolute atomic E-state index is 0.189. The minimum Gasteiger partial charge on any atom is -0.449 e. The molecule has 2 fully saturated rings. The standard InChI is InChI=1S/C22H24FN5O4/c1-13-24-15(12-32-13)11-26-4-6-27(7-5-26)19-8-14-10-28(22(31)16(14)9-17(19)23)18-2-3-20(29)25-21(18)30/h8-9,12,18H,2-7,10-11H2,1H3,(H,25,29,30). The first kappa shape index (κ1) is 20.6. The monoisotopic (exact) mass is 441 g/mol. The van der Waals surface area contributed by atoms with Gasteiger partial charge in [0.25, 0.3) is 5.91 Å². The maximum atomic E-state index is 15.0. The second-order valence-corrected chi connectivity index (χ2v) is 8.48. The van der Waals surface area contributed by atoms with E-state index in [1.165, 1.54) is 11.0 Å². The van der Waals surface area contributed by atoms with E-state index in [2.05, 4.69) is 15.2 Å². The van der Waals surface area contributed by atoms with E-state index in [9.17, 15) is 18.8 Å². The van der Waals surface area contributed by atoms with Crippen LogP contribution < -0.4 is 10.2 Å². The van der Waals surface area contributed by atoms with Gasteiger partial charge in [0.2, 0.25) is 11.8 Å². The van der Waals surface area contributed by atoms with E-state index < -0.39 is 17.8 Å². The van der Waals surface area contributed by atoms with Crippen LogP contribution in [0.1, 0.15) is 40.3 Å². The number of nitrogens with one attached hydrogen (secondary N) is 1. The van der Waals surface area contributed by atoms with E-state index in [-0.39, 0.29) is 36.8 Å². The second-order valence-electron chi connectivity index (χ2n) is 8.48. The lowest BCUT2D eigenvalue weighted by atomic mass is 10.0. The summed E-state index contributed by atoms with van der Waals surface area (Å²) in [7, 11) is 0. The number of rotatable bonds is 4. The Labute approximate surface area is 184 Å². The number of anilines is 1. The summed E-state index contributed by atoms with van der Waals surface area (Å²) in [6.45, 7) is 5.54. The van der Waals surface area contributed by atoms with Crippen LogP contribution in [0.15, 0.2) is 22.8 Å². The summed E-state index contributed by atoms with van der Waals surface area (Å²) in [5, 5.41) is 2.28. The molecule has 0 spiro atoms. The van der Waals surface area contributed by atoms with Crippen LogP contribution in [0, 0.1) is 12.7 Å². The topological polar surface area (TPSA) is 99.0 Å². The Bertz CT molecular complexity index is 1090. The summed E-state index contributed by atoms with van der Waals surface area (Å²) >= 11 is 0. The highest BCUT2D eigenvalue weighted by molar-refractivity contribution is 6.05. The number of halogens is 1. The number of nitrogens with zero attached hydrogens (tertiary/aromatic N) is 4. The summed E-state index contributed by atoms with van der Waals surface area (Å²) in [6.07, 6.45) is 2.13. The van der Waals surface area contributed by atoms with E-state index in [1.54, 1.807) is 12.3 Å². The molecule has 5 rings (SSSR count). The van der Waals surface area contributed by atoms with Crippen molar-refractivity contribution in [2.24, 2.45) is 0 Å². The van der Waals surface area contributed by atoms with Crippen LogP contribution in [-0.2, 0) is 22.7 Å². The molecule has 1 aromatic carbocycles. The predicted octanol–water partition coefficient (Wildman–Crippen LogP) is 1.21. The highest BCUT2D eigenvalue weighted by Gasteiger charge is 2.39. The fourth-order valence-electron chi connectivity index (χ4n) is 4.68. The number of hydrogen-bond donors (Lipinski definition) is 1. The molecule has 3 amide bonds. The predicted molar refractivity (Wildman–Crippen MR) is 111 cm³/mol. The van der Waals surface area contributed by atoms with Gasteiger partial charge in [0.1, 0.15) is 18.1 Å². The largest absolute Gasteiger partial charge is 0.449 e. The Balaban J connectivity index is 1.27. The first-order valence-electron chi connectivity index (χ1n) is 10.7. The molecule has 3 aliphatic heterocycles. The van der Waals surface area contributed by atoms with Crippen LogP contribution >= 0.6 is 0 Å². The summed E-state index contributed by atoms with van der Waals surface area (Å²) in [6, 6.07) is 2.30. The molecule has 0 radical (unpaired) electrons. The van der Waals surface area contributed by atoms with Crippen molar-refractivity contribution >= 4 is 23.4 Å². The molecule has 3 aliphatic rings. The van der Waals surface area contributed by atoms with E-state index >= 15 is 0 Å². The van der Waals surface area contributed by atoms with Gasteiger partial charge in [-0.3, -0.25) is 24.6 Å². The van der Waals surface area contributed by atoms with Crippen molar-refractivity contribution < 1.29 is 23.2 Å². The molecule has 0 aliphatic carbocycles. The average molecular weight is 441 g/mol. The highest BCUT2D eigenvalue weighted by atomic mass is 19.1. The van der Waals surface area contributed by atoms with Gasteiger partial charge in [-0.15, -0.1) is 0 Å². The number of oxazole rings is 1. The van der Waals surface area contributed by atoms with Gasteiger partial charge in [-0.05, 0) is 24.1 Å². The zero-order valence-corrected chi connectivity index (χ0v) is 17.8. The van der Waals surface area contributed by atoms with Gasteiger partial charge in [-0.25, -0.2) is 9.37 Å². The lowest BCUT2D eigenvalue weighted by Gasteiger charge is -2.36. The third-order valence-corrected chi connectivity index (χ3v) is 6.36. The van der Waals surface area contributed by atoms with Crippen LogP contribution in [0.4, 0.5) is 10.1 Å². The number of fused-ring (bicyclic) bond motifs is 1. The normalized spacial score (nSPS) is 21.8.